The Bertz CT molecular complexity index is 2350. The highest BCUT2D eigenvalue weighted by molar-refractivity contribution is 6.11. The van der Waals surface area contributed by atoms with Gasteiger partial charge in [-0.1, -0.05) is 98.8 Å². The van der Waals surface area contributed by atoms with E-state index in [1.165, 1.54) is 44.1 Å². The van der Waals surface area contributed by atoms with E-state index >= 15 is 0 Å². The molecule has 0 spiro atoms. The van der Waals surface area contributed by atoms with E-state index in [1.54, 1.807) is 0 Å². The summed E-state index contributed by atoms with van der Waals surface area (Å²) in [5, 5.41) is 2.58. The highest BCUT2D eigenvalue weighted by Crippen LogP contribution is 2.50. The van der Waals surface area contributed by atoms with E-state index in [4.69, 9.17) is 4.98 Å². The third kappa shape index (κ3) is 3.39. The van der Waals surface area contributed by atoms with E-state index in [2.05, 4.69) is 156 Å². The molecule has 2 heterocycles. The van der Waals surface area contributed by atoms with Gasteiger partial charge in [-0.2, -0.15) is 0 Å². The molecule has 3 nitrogen and oxygen atoms in total. The number of benzene rings is 6. The van der Waals surface area contributed by atoms with Crippen LogP contribution in [0.2, 0.25) is 0 Å². The first kappa shape index (κ1) is 24.2. The average molecular weight is 552 g/mol. The van der Waals surface area contributed by atoms with Gasteiger partial charge in [0.25, 0.3) is 0 Å². The number of aromatic nitrogens is 3. The number of hydrogen-bond acceptors (Lipinski definition) is 1. The molecule has 6 aromatic carbocycles. The van der Waals surface area contributed by atoms with Crippen molar-refractivity contribution in [3.8, 4) is 33.9 Å². The quantitative estimate of drug-likeness (QED) is 0.214. The summed E-state index contributed by atoms with van der Waals surface area (Å²) in [5.41, 5.74) is 13.3. The molecule has 1 aliphatic carbocycles. The highest BCUT2D eigenvalue weighted by atomic mass is 15.1. The topological polar surface area (TPSA) is 22.8 Å². The molecular formula is C40H29N3. The molecule has 0 N–H and O–H groups in total. The maximum atomic E-state index is 5.03. The van der Waals surface area contributed by atoms with Crippen molar-refractivity contribution in [2.75, 3.05) is 0 Å². The Balaban J connectivity index is 1.26. The number of nitrogens with zero attached hydrogens (tertiary/aromatic N) is 3. The number of fused-ring (bicyclic) bond motifs is 7. The summed E-state index contributed by atoms with van der Waals surface area (Å²) in [7, 11) is 0. The van der Waals surface area contributed by atoms with Gasteiger partial charge in [0.05, 0.1) is 22.1 Å². The third-order valence-electron chi connectivity index (χ3n) is 9.33. The van der Waals surface area contributed by atoms with Crippen LogP contribution in [0.5, 0.6) is 0 Å². The molecule has 0 radical (unpaired) electrons. The zero-order valence-corrected chi connectivity index (χ0v) is 24.1. The first-order valence-electron chi connectivity index (χ1n) is 14.9. The van der Waals surface area contributed by atoms with Crippen LogP contribution in [0, 0.1) is 0 Å². The van der Waals surface area contributed by atoms with Gasteiger partial charge in [0.15, 0.2) is 0 Å². The minimum absolute atomic E-state index is 0.0327. The zero-order valence-electron chi connectivity index (χ0n) is 24.1. The maximum Gasteiger partial charge on any atom is 0.145 e. The van der Waals surface area contributed by atoms with E-state index in [0.717, 1.165) is 33.8 Å². The molecule has 3 heteroatoms. The lowest BCUT2D eigenvalue weighted by Gasteiger charge is -2.21. The zero-order chi connectivity index (χ0) is 28.7. The fraction of sp³-hybridized carbons (Fsp3) is 0.0750. The minimum atomic E-state index is -0.0327. The first-order valence-corrected chi connectivity index (χ1v) is 14.9. The van der Waals surface area contributed by atoms with Crippen LogP contribution in [-0.4, -0.2) is 14.1 Å². The van der Waals surface area contributed by atoms with Crippen molar-refractivity contribution in [3.63, 3.8) is 0 Å². The monoisotopic (exact) mass is 551 g/mol. The number of para-hydroxylation sites is 3. The van der Waals surface area contributed by atoms with Gasteiger partial charge in [-0.05, 0) is 76.9 Å². The van der Waals surface area contributed by atoms with Crippen LogP contribution in [-0.2, 0) is 5.41 Å². The molecule has 0 atom stereocenters. The number of rotatable bonds is 3. The second-order valence-corrected chi connectivity index (χ2v) is 12.1. The van der Waals surface area contributed by atoms with Crippen LogP contribution in [0.15, 0.2) is 140 Å². The Hall–Kier alpha value is -5.41. The van der Waals surface area contributed by atoms with Crippen molar-refractivity contribution < 1.29 is 0 Å². The van der Waals surface area contributed by atoms with Crippen molar-refractivity contribution in [2.45, 2.75) is 19.3 Å². The fourth-order valence-corrected chi connectivity index (χ4v) is 7.26. The Kier molecular flexibility index (Phi) is 4.95. The van der Waals surface area contributed by atoms with Gasteiger partial charge < -0.3 is 4.57 Å². The average Bonchev–Trinajstić information content (AvgIpc) is 3.67. The summed E-state index contributed by atoms with van der Waals surface area (Å²) in [4.78, 5) is 5.03. The predicted molar refractivity (Wildman–Crippen MR) is 178 cm³/mol. The second kappa shape index (κ2) is 8.80. The van der Waals surface area contributed by atoms with E-state index in [0.29, 0.717) is 0 Å². The van der Waals surface area contributed by atoms with Gasteiger partial charge >= 0.3 is 0 Å². The lowest BCUT2D eigenvalue weighted by molar-refractivity contribution is 0.661. The van der Waals surface area contributed by atoms with Gasteiger partial charge in [0.1, 0.15) is 5.82 Å². The Labute approximate surface area is 250 Å². The molecular weight excluding hydrogens is 522 g/mol. The molecule has 9 rings (SSSR count). The van der Waals surface area contributed by atoms with Crippen LogP contribution in [0.3, 0.4) is 0 Å². The molecule has 204 valence electrons. The standard InChI is InChI=1S/C40H29N3/c1-40(2)33-16-8-6-14-29(33)31-25-38-32(24-34(31)40)30-15-7-10-18-36(30)42(38)27-20-22-28(23-21-27)43-37-19-11-9-17-35(37)41-39(43)26-12-4-3-5-13-26/h3-25H,1-2H3. The Morgan fingerprint density at radius 2 is 1.14 bits per heavy atom. The van der Waals surface area contributed by atoms with Gasteiger partial charge in [-0.25, -0.2) is 4.98 Å². The molecule has 43 heavy (non-hydrogen) atoms. The van der Waals surface area contributed by atoms with Gasteiger partial charge in [0.2, 0.25) is 0 Å². The van der Waals surface area contributed by atoms with Crippen LogP contribution >= 0.6 is 0 Å². The molecule has 0 bridgehead atoms. The summed E-state index contributed by atoms with van der Waals surface area (Å²) in [5.74, 6) is 0.947. The van der Waals surface area contributed by atoms with Crippen LogP contribution in [0.4, 0.5) is 0 Å². The van der Waals surface area contributed by atoms with Gasteiger partial charge in [0, 0.05) is 33.1 Å². The molecule has 0 amide bonds. The molecule has 2 aromatic heterocycles. The highest BCUT2D eigenvalue weighted by Gasteiger charge is 2.36. The molecule has 0 saturated carbocycles. The second-order valence-electron chi connectivity index (χ2n) is 12.1. The van der Waals surface area contributed by atoms with E-state index in [1.807, 2.05) is 6.07 Å². The minimum Gasteiger partial charge on any atom is -0.309 e. The number of hydrogen-bond donors (Lipinski definition) is 0. The Morgan fingerprint density at radius 1 is 0.488 bits per heavy atom. The predicted octanol–water partition coefficient (Wildman–Crippen LogP) is 10.1. The Morgan fingerprint density at radius 3 is 1.95 bits per heavy atom. The SMILES string of the molecule is CC1(C)c2ccccc2-c2cc3c(cc21)c1ccccc1n3-c1ccc(-n2c(-c3ccccc3)nc3ccccc32)cc1. The molecule has 0 aliphatic heterocycles. The maximum absolute atomic E-state index is 5.03. The van der Waals surface area contributed by atoms with Crippen molar-refractivity contribution in [3.05, 3.63) is 151 Å². The first-order chi connectivity index (χ1) is 21.1. The van der Waals surface area contributed by atoms with Crippen LogP contribution in [0.25, 0.3) is 66.7 Å². The van der Waals surface area contributed by atoms with Crippen molar-refractivity contribution in [1.29, 1.82) is 0 Å². The number of imidazole rings is 1. The summed E-state index contributed by atoms with van der Waals surface area (Å²) in [6.45, 7) is 4.70. The molecule has 0 fully saturated rings. The molecule has 0 saturated heterocycles. The van der Waals surface area contributed by atoms with Gasteiger partial charge in [-0.15, -0.1) is 0 Å². The van der Waals surface area contributed by atoms with Crippen LogP contribution in [0.1, 0.15) is 25.0 Å². The van der Waals surface area contributed by atoms with Gasteiger partial charge in [-0.3, -0.25) is 4.57 Å². The molecule has 1 aliphatic rings. The summed E-state index contributed by atoms with van der Waals surface area (Å²) >= 11 is 0. The summed E-state index contributed by atoms with van der Waals surface area (Å²) in [6.07, 6.45) is 0. The fourth-order valence-electron chi connectivity index (χ4n) is 7.26. The summed E-state index contributed by atoms with van der Waals surface area (Å²) < 4.78 is 4.69. The largest absolute Gasteiger partial charge is 0.309 e. The van der Waals surface area contributed by atoms with E-state index < -0.39 is 0 Å². The molecule has 8 aromatic rings. The van der Waals surface area contributed by atoms with Crippen LogP contribution < -0.4 is 0 Å². The van der Waals surface area contributed by atoms with Crippen molar-refractivity contribution in [2.24, 2.45) is 0 Å². The smallest absolute Gasteiger partial charge is 0.145 e. The summed E-state index contributed by atoms with van der Waals surface area (Å²) in [6, 6.07) is 50.3. The normalized spacial score (nSPS) is 13.5. The van der Waals surface area contributed by atoms with Crippen molar-refractivity contribution >= 4 is 32.8 Å². The lowest BCUT2D eigenvalue weighted by atomic mass is 9.82. The molecule has 0 unspecified atom stereocenters. The van der Waals surface area contributed by atoms with Crippen molar-refractivity contribution in [1.82, 2.24) is 14.1 Å². The van der Waals surface area contributed by atoms with E-state index in [9.17, 15) is 0 Å². The lowest BCUT2D eigenvalue weighted by Crippen LogP contribution is -2.14. The third-order valence-corrected chi connectivity index (χ3v) is 9.33. The van der Waals surface area contributed by atoms with E-state index in [-0.39, 0.29) is 5.41 Å².